The maximum Gasteiger partial charge on any atom is 0.263 e. The summed E-state index contributed by atoms with van der Waals surface area (Å²) in [6, 6.07) is 5.48. The number of aliphatic hydroxyl groups excluding tert-OH is 1. The number of benzene rings is 1. The number of rotatable bonds is 7. The van der Waals surface area contributed by atoms with Crippen LogP contribution in [0.2, 0.25) is 5.02 Å². The fourth-order valence-electron chi connectivity index (χ4n) is 1.92. The number of halogens is 1. The van der Waals surface area contributed by atoms with Gasteiger partial charge in [-0.2, -0.15) is 0 Å². The summed E-state index contributed by atoms with van der Waals surface area (Å²) in [5.74, 6) is -0.202. The second kappa shape index (κ2) is 7.61. The van der Waals surface area contributed by atoms with Gasteiger partial charge in [0.2, 0.25) is 0 Å². The fourth-order valence-corrected chi connectivity index (χ4v) is 3.32. The van der Waals surface area contributed by atoms with Crippen molar-refractivity contribution in [2.24, 2.45) is 0 Å². The summed E-state index contributed by atoms with van der Waals surface area (Å²) in [5.41, 5.74) is 6.45. The number of carbonyl (C=O) groups is 1. The van der Waals surface area contributed by atoms with Gasteiger partial charge in [-0.25, -0.2) is 0 Å². The zero-order valence-electron chi connectivity index (χ0n) is 11.4. The quantitative estimate of drug-likeness (QED) is 0.681. The topological polar surface area (TPSA) is 84.6 Å². The van der Waals surface area contributed by atoms with Gasteiger partial charge in [0.05, 0.1) is 23.9 Å². The predicted molar refractivity (Wildman–Crippen MR) is 86.1 cm³/mol. The van der Waals surface area contributed by atoms with Crippen LogP contribution in [0.25, 0.3) is 10.1 Å². The van der Waals surface area contributed by atoms with E-state index in [1.54, 1.807) is 6.07 Å². The molecule has 4 N–H and O–H groups in total. The van der Waals surface area contributed by atoms with Gasteiger partial charge in [-0.1, -0.05) is 17.7 Å². The molecule has 0 saturated heterocycles. The van der Waals surface area contributed by atoms with Crippen LogP contribution in [0, 0.1) is 0 Å². The number of thiophene rings is 1. The van der Waals surface area contributed by atoms with Gasteiger partial charge in [-0.15, -0.1) is 11.3 Å². The molecule has 0 saturated carbocycles. The zero-order valence-corrected chi connectivity index (χ0v) is 13.0. The molecule has 2 rings (SSSR count). The highest BCUT2D eigenvalue weighted by molar-refractivity contribution is 7.21. The molecule has 0 spiro atoms. The zero-order chi connectivity index (χ0) is 15.2. The molecule has 1 aromatic heterocycles. The van der Waals surface area contributed by atoms with Gasteiger partial charge < -0.3 is 20.9 Å². The second-order valence-corrected chi connectivity index (χ2v) is 5.86. The van der Waals surface area contributed by atoms with Crippen molar-refractivity contribution in [3.63, 3.8) is 0 Å². The molecule has 1 aromatic carbocycles. The Morgan fingerprint density at radius 3 is 2.95 bits per heavy atom. The molecule has 0 aliphatic rings. The Hall–Kier alpha value is -1.34. The van der Waals surface area contributed by atoms with Crippen molar-refractivity contribution in [3.8, 4) is 0 Å². The molecule has 2 aromatic rings. The van der Waals surface area contributed by atoms with Crippen LogP contribution in [0.15, 0.2) is 18.2 Å². The molecule has 5 nitrogen and oxygen atoms in total. The maximum absolute atomic E-state index is 12.1. The third-order valence-electron chi connectivity index (χ3n) is 2.89. The third kappa shape index (κ3) is 3.85. The van der Waals surface area contributed by atoms with Gasteiger partial charge in [-0.3, -0.25) is 4.79 Å². The summed E-state index contributed by atoms with van der Waals surface area (Å²) in [6.45, 7) is 1.31. The summed E-state index contributed by atoms with van der Waals surface area (Å²) < 4.78 is 6.02. The molecule has 0 aliphatic heterocycles. The molecule has 0 aliphatic carbocycles. The van der Waals surface area contributed by atoms with E-state index in [0.717, 1.165) is 10.1 Å². The third-order valence-corrected chi connectivity index (χ3v) is 4.38. The van der Waals surface area contributed by atoms with E-state index in [2.05, 4.69) is 5.32 Å². The minimum absolute atomic E-state index is 0.00539. The van der Waals surface area contributed by atoms with E-state index in [9.17, 15) is 4.79 Å². The lowest BCUT2D eigenvalue weighted by Gasteiger charge is -2.05. The highest BCUT2D eigenvalue weighted by atomic mass is 35.5. The highest BCUT2D eigenvalue weighted by Gasteiger charge is 2.17. The Morgan fingerprint density at radius 2 is 2.24 bits per heavy atom. The molecule has 114 valence electrons. The van der Waals surface area contributed by atoms with Crippen molar-refractivity contribution in [1.29, 1.82) is 0 Å². The molecule has 21 heavy (non-hydrogen) atoms. The van der Waals surface area contributed by atoms with Crippen molar-refractivity contribution >= 4 is 44.6 Å². The number of aliphatic hydroxyl groups is 1. The first-order chi connectivity index (χ1) is 10.1. The SMILES string of the molecule is Nc1c(C(=O)NCCCOCCO)sc2cccc(Cl)c12. The molecular weight excluding hydrogens is 312 g/mol. The summed E-state index contributed by atoms with van der Waals surface area (Å²) in [4.78, 5) is 12.6. The fraction of sp³-hybridized carbons (Fsp3) is 0.357. The lowest BCUT2D eigenvalue weighted by molar-refractivity contribution is 0.0869. The van der Waals surface area contributed by atoms with Gasteiger partial charge >= 0.3 is 0 Å². The normalized spacial score (nSPS) is 11.0. The number of amides is 1. The van der Waals surface area contributed by atoms with E-state index in [4.69, 9.17) is 27.2 Å². The van der Waals surface area contributed by atoms with Crippen LogP contribution in [0.4, 0.5) is 5.69 Å². The molecule has 0 fully saturated rings. The van der Waals surface area contributed by atoms with Crippen molar-refractivity contribution in [2.75, 3.05) is 32.1 Å². The lowest BCUT2D eigenvalue weighted by atomic mass is 10.2. The number of carbonyl (C=O) groups excluding carboxylic acids is 1. The monoisotopic (exact) mass is 328 g/mol. The number of ether oxygens (including phenoxy) is 1. The van der Waals surface area contributed by atoms with Crippen LogP contribution >= 0.6 is 22.9 Å². The number of nitrogens with two attached hydrogens (primary N) is 1. The number of hydrogen-bond acceptors (Lipinski definition) is 5. The minimum Gasteiger partial charge on any atom is -0.397 e. The molecular formula is C14H17ClN2O3S. The summed E-state index contributed by atoms with van der Waals surface area (Å²) in [7, 11) is 0. The van der Waals surface area contributed by atoms with Crippen LogP contribution in [0.1, 0.15) is 16.1 Å². The van der Waals surface area contributed by atoms with Crippen molar-refractivity contribution in [3.05, 3.63) is 28.1 Å². The molecule has 1 heterocycles. The van der Waals surface area contributed by atoms with Gasteiger partial charge in [0, 0.05) is 23.2 Å². The standard InChI is InChI=1S/C14H17ClN2O3S/c15-9-3-1-4-10-11(9)12(16)13(21-10)14(19)17-5-2-7-20-8-6-18/h1,3-4,18H,2,5-8,16H2,(H,17,19). The predicted octanol–water partition coefficient (Wildman–Crippen LogP) is 2.27. The first kappa shape index (κ1) is 16.0. The minimum atomic E-state index is -0.202. The largest absolute Gasteiger partial charge is 0.397 e. The Kier molecular flexibility index (Phi) is 5.81. The second-order valence-electron chi connectivity index (χ2n) is 4.40. The summed E-state index contributed by atoms with van der Waals surface area (Å²) in [5, 5.41) is 12.7. The molecule has 0 unspecified atom stereocenters. The Bertz CT molecular complexity index is 630. The van der Waals surface area contributed by atoms with Gasteiger partial charge in [0.1, 0.15) is 4.88 Å². The van der Waals surface area contributed by atoms with Gasteiger partial charge in [0.15, 0.2) is 0 Å². The van der Waals surface area contributed by atoms with Crippen LogP contribution in [0.3, 0.4) is 0 Å². The van der Waals surface area contributed by atoms with Gasteiger partial charge in [0.25, 0.3) is 5.91 Å². The summed E-state index contributed by atoms with van der Waals surface area (Å²) in [6.07, 6.45) is 0.678. The Morgan fingerprint density at radius 1 is 1.43 bits per heavy atom. The molecule has 1 amide bonds. The van der Waals surface area contributed by atoms with Crippen LogP contribution in [-0.2, 0) is 4.74 Å². The number of anilines is 1. The van der Waals surface area contributed by atoms with Crippen molar-refractivity contribution < 1.29 is 14.6 Å². The van der Waals surface area contributed by atoms with Crippen molar-refractivity contribution in [1.82, 2.24) is 5.32 Å². The smallest absolute Gasteiger partial charge is 0.263 e. The average molecular weight is 329 g/mol. The number of hydrogen-bond donors (Lipinski definition) is 3. The van der Waals surface area contributed by atoms with Crippen LogP contribution in [-0.4, -0.2) is 37.4 Å². The van der Waals surface area contributed by atoms with Gasteiger partial charge in [-0.05, 0) is 18.6 Å². The van der Waals surface area contributed by atoms with E-state index in [1.807, 2.05) is 12.1 Å². The Balaban J connectivity index is 1.97. The van der Waals surface area contributed by atoms with Crippen LogP contribution in [0.5, 0.6) is 0 Å². The number of fused-ring (bicyclic) bond motifs is 1. The lowest BCUT2D eigenvalue weighted by Crippen LogP contribution is -2.25. The average Bonchev–Trinajstić information content (AvgIpc) is 2.81. The van der Waals surface area contributed by atoms with E-state index >= 15 is 0 Å². The molecule has 0 atom stereocenters. The van der Waals surface area contributed by atoms with E-state index < -0.39 is 0 Å². The van der Waals surface area contributed by atoms with E-state index in [1.165, 1.54) is 11.3 Å². The van der Waals surface area contributed by atoms with E-state index in [-0.39, 0.29) is 12.5 Å². The maximum atomic E-state index is 12.1. The number of nitrogens with one attached hydrogen (secondary N) is 1. The molecule has 7 heteroatoms. The van der Waals surface area contributed by atoms with Crippen LogP contribution < -0.4 is 11.1 Å². The number of nitrogen functional groups attached to an aromatic ring is 1. The highest BCUT2D eigenvalue weighted by Crippen LogP contribution is 2.37. The molecule has 0 radical (unpaired) electrons. The molecule has 0 bridgehead atoms. The first-order valence-corrected chi connectivity index (χ1v) is 7.78. The summed E-state index contributed by atoms with van der Waals surface area (Å²) >= 11 is 7.45. The van der Waals surface area contributed by atoms with Crippen molar-refractivity contribution in [2.45, 2.75) is 6.42 Å². The first-order valence-electron chi connectivity index (χ1n) is 6.58. The van der Waals surface area contributed by atoms with E-state index in [0.29, 0.717) is 41.8 Å². The Labute approximate surface area is 131 Å².